The van der Waals surface area contributed by atoms with Crippen molar-refractivity contribution in [3.63, 3.8) is 0 Å². The van der Waals surface area contributed by atoms with E-state index in [1.165, 1.54) is 12.1 Å². The maximum Gasteiger partial charge on any atom is 0.255 e. The number of anilines is 2. The monoisotopic (exact) mass is 336 g/mol. The number of hydrogen-bond acceptors (Lipinski definition) is 2. The maximum atomic E-state index is 13.4. The van der Waals surface area contributed by atoms with Gasteiger partial charge in [0.2, 0.25) is 0 Å². The number of nitrogens with one attached hydrogen (secondary N) is 1. The van der Waals surface area contributed by atoms with Crippen LogP contribution in [0.15, 0.2) is 34.8 Å². The molecule has 0 atom stereocenters. The molecule has 0 radical (unpaired) electrons. The molecule has 5 heteroatoms. The van der Waals surface area contributed by atoms with Gasteiger partial charge in [0.05, 0.1) is 11.4 Å². The van der Waals surface area contributed by atoms with Crippen LogP contribution in [0, 0.1) is 19.7 Å². The van der Waals surface area contributed by atoms with Gasteiger partial charge in [0, 0.05) is 10.0 Å². The van der Waals surface area contributed by atoms with Crippen molar-refractivity contribution in [3.05, 3.63) is 57.3 Å². The molecule has 0 aliphatic carbocycles. The Morgan fingerprint density at radius 3 is 2.55 bits per heavy atom. The number of nitrogen functional groups attached to an aromatic ring is 1. The number of rotatable bonds is 2. The van der Waals surface area contributed by atoms with E-state index in [0.29, 0.717) is 5.69 Å². The first-order valence-corrected chi connectivity index (χ1v) is 6.81. The predicted molar refractivity (Wildman–Crippen MR) is 82.4 cm³/mol. The van der Waals surface area contributed by atoms with Crippen LogP contribution in [0.3, 0.4) is 0 Å². The molecule has 3 nitrogen and oxygen atoms in total. The fraction of sp³-hybridized carbons (Fsp3) is 0.133. The van der Waals surface area contributed by atoms with E-state index >= 15 is 0 Å². The van der Waals surface area contributed by atoms with Crippen molar-refractivity contribution in [1.82, 2.24) is 0 Å². The third-order valence-electron chi connectivity index (χ3n) is 2.93. The molecule has 0 heterocycles. The van der Waals surface area contributed by atoms with Crippen molar-refractivity contribution < 1.29 is 9.18 Å². The number of halogens is 2. The molecule has 0 saturated carbocycles. The van der Waals surface area contributed by atoms with Gasteiger partial charge in [-0.05, 0) is 65.2 Å². The Hall–Kier alpha value is -1.88. The number of carbonyl (C=O) groups excluding carboxylic acids is 1. The summed E-state index contributed by atoms with van der Waals surface area (Å²) in [5.74, 6) is -0.978. The van der Waals surface area contributed by atoms with Gasteiger partial charge in [0.1, 0.15) is 5.82 Å². The minimum Gasteiger partial charge on any atom is -0.396 e. The van der Waals surface area contributed by atoms with Crippen molar-refractivity contribution in [1.29, 1.82) is 0 Å². The molecule has 0 bridgehead atoms. The molecule has 0 saturated heterocycles. The van der Waals surface area contributed by atoms with E-state index in [1.807, 2.05) is 26.0 Å². The molecule has 20 heavy (non-hydrogen) atoms. The SMILES string of the molecule is Cc1cc(C)c(NC(=O)c2ccc(N)c(F)c2)c(Br)c1. The van der Waals surface area contributed by atoms with Crippen LogP contribution in [0.1, 0.15) is 21.5 Å². The Kier molecular flexibility index (Phi) is 4.09. The summed E-state index contributed by atoms with van der Waals surface area (Å²) < 4.78 is 14.2. The van der Waals surface area contributed by atoms with Crippen molar-refractivity contribution in [3.8, 4) is 0 Å². The number of amides is 1. The van der Waals surface area contributed by atoms with Gasteiger partial charge < -0.3 is 11.1 Å². The van der Waals surface area contributed by atoms with Gasteiger partial charge in [0.25, 0.3) is 5.91 Å². The Labute approximate surface area is 125 Å². The predicted octanol–water partition coefficient (Wildman–Crippen LogP) is 4.04. The quantitative estimate of drug-likeness (QED) is 0.813. The van der Waals surface area contributed by atoms with Crippen LogP contribution in [0.5, 0.6) is 0 Å². The smallest absolute Gasteiger partial charge is 0.255 e. The Morgan fingerprint density at radius 1 is 1.25 bits per heavy atom. The van der Waals surface area contributed by atoms with Crippen molar-refractivity contribution >= 4 is 33.2 Å². The molecule has 2 rings (SSSR count). The van der Waals surface area contributed by atoms with Crippen LogP contribution < -0.4 is 11.1 Å². The normalized spacial score (nSPS) is 10.4. The Bertz CT molecular complexity index is 663. The minimum atomic E-state index is -0.600. The first-order chi connectivity index (χ1) is 9.38. The van der Waals surface area contributed by atoms with E-state index in [-0.39, 0.29) is 17.2 Å². The maximum absolute atomic E-state index is 13.4. The van der Waals surface area contributed by atoms with Gasteiger partial charge in [-0.15, -0.1) is 0 Å². The number of nitrogens with two attached hydrogens (primary N) is 1. The van der Waals surface area contributed by atoms with E-state index in [1.54, 1.807) is 0 Å². The lowest BCUT2D eigenvalue weighted by atomic mass is 10.1. The van der Waals surface area contributed by atoms with Gasteiger partial charge in [-0.3, -0.25) is 4.79 Å². The zero-order chi connectivity index (χ0) is 14.9. The van der Waals surface area contributed by atoms with Crippen LogP contribution in [0.2, 0.25) is 0 Å². The summed E-state index contributed by atoms with van der Waals surface area (Å²) >= 11 is 3.42. The van der Waals surface area contributed by atoms with Gasteiger partial charge in [-0.1, -0.05) is 6.07 Å². The third-order valence-corrected chi connectivity index (χ3v) is 3.56. The van der Waals surface area contributed by atoms with Crippen LogP contribution in [0.25, 0.3) is 0 Å². The standard InChI is InChI=1S/C15H14BrFN2O/c1-8-5-9(2)14(11(16)6-8)19-15(20)10-3-4-13(18)12(17)7-10/h3-7H,18H2,1-2H3,(H,19,20). The fourth-order valence-electron chi connectivity index (χ4n) is 1.93. The molecule has 0 aliphatic rings. The van der Waals surface area contributed by atoms with Gasteiger partial charge in [-0.25, -0.2) is 4.39 Å². The highest BCUT2D eigenvalue weighted by Crippen LogP contribution is 2.28. The molecule has 0 fully saturated rings. The second-order valence-electron chi connectivity index (χ2n) is 4.63. The summed E-state index contributed by atoms with van der Waals surface area (Å²) in [6.07, 6.45) is 0. The average molecular weight is 337 g/mol. The van der Waals surface area contributed by atoms with E-state index in [9.17, 15) is 9.18 Å². The molecular weight excluding hydrogens is 323 g/mol. The van der Waals surface area contributed by atoms with Crippen LogP contribution in [-0.2, 0) is 0 Å². The van der Waals surface area contributed by atoms with Crippen LogP contribution in [-0.4, -0.2) is 5.91 Å². The molecule has 0 aliphatic heterocycles. The lowest BCUT2D eigenvalue weighted by molar-refractivity contribution is 0.102. The summed E-state index contributed by atoms with van der Waals surface area (Å²) in [5.41, 5.74) is 8.34. The molecular formula is C15H14BrFN2O. The average Bonchev–Trinajstić information content (AvgIpc) is 2.36. The highest BCUT2D eigenvalue weighted by Gasteiger charge is 2.12. The molecule has 2 aromatic rings. The lowest BCUT2D eigenvalue weighted by Gasteiger charge is -2.12. The van der Waals surface area contributed by atoms with Gasteiger partial charge >= 0.3 is 0 Å². The number of aryl methyl sites for hydroxylation is 2. The Morgan fingerprint density at radius 2 is 1.95 bits per heavy atom. The largest absolute Gasteiger partial charge is 0.396 e. The van der Waals surface area contributed by atoms with Gasteiger partial charge in [0.15, 0.2) is 0 Å². The van der Waals surface area contributed by atoms with Crippen molar-refractivity contribution in [2.24, 2.45) is 0 Å². The van der Waals surface area contributed by atoms with Crippen molar-refractivity contribution in [2.75, 3.05) is 11.1 Å². The number of benzene rings is 2. The minimum absolute atomic E-state index is 0.0225. The van der Waals surface area contributed by atoms with E-state index in [2.05, 4.69) is 21.2 Å². The molecule has 2 aromatic carbocycles. The summed E-state index contributed by atoms with van der Waals surface area (Å²) in [7, 11) is 0. The third kappa shape index (κ3) is 2.99. The second kappa shape index (κ2) is 5.63. The lowest BCUT2D eigenvalue weighted by Crippen LogP contribution is -2.14. The summed E-state index contributed by atoms with van der Waals surface area (Å²) in [5, 5.41) is 2.78. The Balaban J connectivity index is 2.30. The molecule has 0 spiro atoms. The fourth-order valence-corrected chi connectivity index (χ4v) is 2.70. The summed E-state index contributed by atoms with van der Waals surface area (Å²) in [4.78, 5) is 12.1. The first-order valence-electron chi connectivity index (χ1n) is 6.01. The van der Waals surface area contributed by atoms with Gasteiger partial charge in [-0.2, -0.15) is 0 Å². The number of hydrogen-bond donors (Lipinski definition) is 2. The zero-order valence-corrected chi connectivity index (χ0v) is 12.7. The molecule has 104 valence electrons. The molecule has 1 amide bonds. The topological polar surface area (TPSA) is 55.1 Å². The zero-order valence-electron chi connectivity index (χ0n) is 11.1. The molecule has 3 N–H and O–H groups in total. The summed E-state index contributed by atoms with van der Waals surface area (Å²) in [6, 6.07) is 7.87. The molecule has 0 unspecified atom stereocenters. The summed E-state index contributed by atoms with van der Waals surface area (Å²) in [6.45, 7) is 3.87. The van der Waals surface area contributed by atoms with Crippen molar-refractivity contribution in [2.45, 2.75) is 13.8 Å². The first kappa shape index (κ1) is 14.5. The highest BCUT2D eigenvalue weighted by molar-refractivity contribution is 9.10. The van der Waals surface area contributed by atoms with E-state index < -0.39 is 5.82 Å². The highest BCUT2D eigenvalue weighted by atomic mass is 79.9. The number of carbonyl (C=O) groups is 1. The second-order valence-corrected chi connectivity index (χ2v) is 5.48. The van der Waals surface area contributed by atoms with Crippen LogP contribution >= 0.6 is 15.9 Å². The van der Waals surface area contributed by atoms with E-state index in [0.717, 1.165) is 21.7 Å². The van der Waals surface area contributed by atoms with E-state index in [4.69, 9.17) is 5.73 Å². The van der Waals surface area contributed by atoms with Crippen LogP contribution in [0.4, 0.5) is 15.8 Å². The molecule has 0 aromatic heterocycles.